The number of imide groups is 1. The van der Waals surface area contributed by atoms with Gasteiger partial charge in [-0.05, 0) is 127 Å². The molecule has 3 atom stereocenters. The number of hydrogen-bond acceptors (Lipinski definition) is 8. The zero-order chi connectivity index (χ0) is 36.8. The molecule has 0 radical (unpaired) electrons. The summed E-state index contributed by atoms with van der Waals surface area (Å²) in [6.07, 6.45) is 7.55. The second-order valence-corrected chi connectivity index (χ2v) is 16.6. The van der Waals surface area contributed by atoms with Crippen LogP contribution in [0.1, 0.15) is 83.5 Å². The van der Waals surface area contributed by atoms with Gasteiger partial charge in [0, 0.05) is 94.8 Å². The molecule has 9 rings (SSSR count). The largest absolute Gasteiger partial charge is 0.508 e. The molecule has 2 N–H and O–H groups in total. The summed E-state index contributed by atoms with van der Waals surface area (Å²) >= 11 is 0. The molecule has 0 spiro atoms. The van der Waals surface area contributed by atoms with Crippen molar-refractivity contribution in [1.82, 2.24) is 15.1 Å². The number of aromatic hydroxyl groups is 1. The molecule has 284 valence electrons. The molecule has 1 aliphatic carbocycles. The Morgan fingerprint density at radius 2 is 1.46 bits per heavy atom. The predicted octanol–water partition coefficient (Wildman–Crippen LogP) is 5.31. The monoisotopic (exact) mass is 731 g/mol. The molecule has 54 heavy (non-hydrogen) atoms. The van der Waals surface area contributed by atoms with Crippen molar-refractivity contribution in [2.75, 3.05) is 68.8 Å². The van der Waals surface area contributed by atoms with Gasteiger partial charge in [-0.15, -0.1) is 0 Å². The molecule has 4 fully saturated rings. The smallest absolute Gasteiger partial charge is 0.255 e. The standard InChI is InChI=1S/C44H53N5O5/c50-36-7-10-38-32(26-36)3-8-37(30-15-23-54-24-16-30)42(38)31-1-4-34(5-2-31)47-17-13-29(14-18-47)27-46-19-21-48(22-20-46)35-6-9-39-33(25-35)28-49(44(39)53)40-11-12-41(51)45-43(40)52/h1-2,4-7,9-10,25-26,29-30,37,40,42,50H,3,8,11-24,27-28H2,(H,45,51,52)/t37-,40?,42?/m1/s1. The number of phenolic OH excluding ortho intramolecular Hbond substituents is 1. The number of aryl methyl sites for hydroxylation is 1. The van der Waals surface area contributed by atoms with Gasteiger partial charge in [-0.25, -0.2) is 0 Å². The van der Waals surface area contributed by atoms with Crippen LogP contribution in [0.4, 0.5) is 11.4 Å². The number of amides is 3. The van der Waals surface area contributed by atoms with E-state index in [1.54, 1.807) is 4.90 Å². The van der Waals surface area contributed by atoms with Crippen LogP contribution >= 0.6 is 0 Å². The second-order valence-electron chi connectivity index (χ2n) is 16.6. The molecule has 6 aliphatic rings. The Balaban J connectivity index is 0.773. The summed E-state index contributed by atoms with van der Waals surface area (Å²) in [5.41, 5.74) is 8.19. The number of phenols is 1. The first-order chi connectivity index (χ1) is 26.4. The minimum atomic E-state index is -0.583. The van der Waals surface area contributed by atoms with E-state index in [-0.39, 0.29) is 24.1 Å². The highest BCUT2D eigenvalue weighted by molar-refractivity contribution is 6.05. The van der Waals surface area contributed by atoms with Gasteiger partial charge in [0.2, 0.25) is 11.8 Å². The van der Waals surface area contributed by atoms with Crippen molar-refractivity contribution in [3.05, 3.63) is 88.5 Å². The Morgan fingerprint density at radius 1 is 0.722 bits per heavy atom. The Morgan fingerprint density at radius 3 is 2.22 bits per heavy atom. The van der Waals surface area contributed by atoms with Crippen molar-refractivity contribution in [2.24, 2.45) is 17.8 Å². The number of rotatable bonds is 7. The van der Waals surface area contributed by atoms with Crippen molar-refractivity contribution in [3.63, 3.8) is 0 Å². The lowest BCUT2D eigenvalue weighted by molar-refractivity contribution is -0.136. The number of nitrogens with one attached hydrogen (secondary N) is 1. The Labute approximate surface area is 318 Å². The molecule has 3 amide bonds. The van der Waals surface area contributed by atoms with E-state index in [9.17, 15) is 19.5 Å². The van der Waals surface area contributed by atoms with Crippen LogP contribution in [0.5, 0.6) is 5.75 Å². The Hall–Kier alpha value is -4.41. The summed E-state index contributed by atoms with van der Waals surface area (Å²) in [5, 5.41) is 12.6. The highest BCUT2D eigenvalue weighted by Crippen LogP contribution is 2.47. The van der Waals surface area contributed by atoms with Crippen molar-refractivity contribution < 1.29 is 24.2 Å². The highest BCUT2D eigenvalue weighted by Gasteiger charge is 2.40. The number of benzene rings is 3. The minimum absolute atomic E-state index is 0.119. The first-order valence-corrected chi connectivity index (χ1v) is 20.4. The molecule has 10 heteroatoms. The molecule has 5 aliphatic heterocycles. The lowest BCUT2D eigenvalue weighted by atomic mass is 9.65. The van der Waals surface area contributed by atoms with Crippen molar-refractivity contribution in [2.45, 2.75) is 69.9 Å². The van der Waals surface area contributed by atoms with Gasteiger partial charge in [0.05, 0.1) is 0 Å². The predicted molar refractivity (Wildman–Crippen MR) is 208 cm³/mol. The molecule has 0 saturated carbocycles. The lowest BCUT2D eigenvalue weighted by Crippen LogP contribution is -2.52. The fourth-order valence-corrected chi connectivity index (χ4v) is 10.5. The summed E-state index contributed by atoms with van der Waals surface area (Å²) in [5.74, 6) is 1.96. The number of carbonyl (C=O) groups excluding carboxylic acids is 3. The van der Waals surface area contributed by atoms with Crippen LogP contribution in [0.3, 0.4) is 0 Å². The summed E-state index contributed by atoms with van der Waals surface area (Å²) in [4.78, 5) is 46.5. The third-order valence-corrected chi connectivity index (χ3v) is 13.5. The van der Waals surface area contributed by atoms with Crippen LogP contribution in [0.25, 0.3) is 0 Å². The first kappa shape index (κ1) is 35.3. The SMILES string of the molecule is O=C1CCC(N2Cc3cc(N4CCN(CC5CCN(c6ccc(C7c8ccc(O)cc8CC[C@@H]7C7CCOCC7)cc6)CC5)CC4)ccc3C2=O)C(=O)N1. The van der Waals surface area contributed by atoms with Gasteiger partial charge in [-0.1, -0.05) is 18.2 Å². The van der Waals surface area contributed by atoms with Gasteiger partial charge in [-0.2, -0.15) is 0 Å². The van der Waals surface area contributed by atoms with E-state index in [1.165, 1.54) is 41.6 Å². The van der Waals surface area contributed by atoms with Gasteiger partial charge in [-0.3, -0.25) is 24.6 Å². The topological polar surface area (TPSA) is 106 Å². The number of piperidine rings is 2. The number of carbonyl (C=O) groups is 3. The molecular formula is C44H53N5O5. The summed E-state index contributed by atoms with van der Waals surface area (Å²) in [6, 6.07) is 21.0. The molecule has 2 unspecified atom stereocenters. The maximum absolute atomic E-state index is 13.2. The normalized spacial score (nSPS) is 25.8. The number of fused-ring (bicyclic) bond motifs is 2. The fraction of sp³-hybridized carbons (Fsp3) is 0.523. The zero-order valence-corrected chi connectivity index (χ0v) is 31.3. The minimum Gasteiger partial charge on any atom is -0.508 e. The zero-order valence-electron chi connectivity index (χ0n) is 31.3. The van der Waals surface area contributed by atoms with Crippen LogP contribution in [0.2, 0.25) is 0 Å². The number of piperazine rings is 1. The van der Waals surface area contributed by atoms with Crippen molar-refractivity contribution >= 4 is 29.1 Å². The third-order valence-electron chi connectivity index (χ3n) is 13.5. The van der Waals surface area contributed by atoms with Gasteiger partial charge >= 0.3 is 0 Å². The van der Waals surface area contributed by atoms with Crippen molar-refractivity contribution in [3.8, 4) is 5.75 Å². The van der Waals surface area contributed by atoms with Crippen LogP contribution in [0, 0.1) is 17.8 Å². The van der Waals surface area contributed by atoms with E-state index < -0.39 is 6.04 Å². The lowest BCUT2D eigenvalue weighted by Gasteiger charge is -2.41. The van der Waals surface area contributed by atoms with E-state index in [2.05, 4.69) is 56.4 Å². The fourth-order valence-electron chi connectivity index (χ4n) is 10.5. The summed E-state index contributed by atoms with van der Waals surface area (Å²) in [6.45, 7) is 9.44. The maximum atomic E-state index is 13.2. The van der Waals surface area contributed by atoms with E-state index in [0.29, 0.717) is 48.0 Å². The maximum Gasteiger partial charge on any atom is 0.255 e. The van der Waals surface area contributed by atoms with Crippen molar-refractivity contribution in [1.29, 1.82) is 0 Å². The molecule has 3 aromatic carbocycles. The molecule has 0 bridgehead atoms. The van der Waals surface area contributed by atoms with E-state index >= 15 is 0 Å². The quantitative estimate of drug-likeness (QED) is 0.315. The van der Waals surface area contributed by atoms with Gasteiger partial charge < -0.3 is 24.5 Å². The molecule has 10 nitrogen and oxygen atoms in total. The summed E-state index contributed by atoms with van der Waals surface area (Å²) in [7, 11) is 0. The van der Waals surface area contributed by atoms with E-state index in [0.717, 1.165) is 89.5 Å². The molecule has 5 heterocycles. The van der Waals surface area contributed by atoms with Crippen LogP contribution in [0.15, 0.2) is 60.7 Å². The van der Waals surface area contributed by atoms with E-state index in [1.807, 2.05) is 24.3 Å². The highest BCUT2D eigenvalue weighted by atomic mass is 16.5. The summed E-state index contributed by atoms with van der Waals surface area (Å²) < 4.78 is 5.74. The first-order valence-electron chi connectivity index (χ1n) is 20.4. The van der Waals surface area contributed by atoms with Gasteiger partial charge in [0.15, 0.2) is 0 Å². The number of ether oxygens (including phenoxy) is 1. The molecule has 4 saturated heterocycles. The van der Waals surface area contributed by atoms with Gasteiger partial charge in [0.25, 0.3) is 5.91 Å². The average Bonchev–Trinajstić information content (AvgIpc) is 3.53. The second kappa shape index (κ2) is 15.0. The Bertz CT molecular complexity index is 1880. The van der Waals surface area contributed by atoms with Crippen LogP contribution in [-0.4, -0.2) is 97.7 Å². The van der Waals surface area contributed by atoms with Crippen LogP contribution < -0.4 is 15.1 Å². The number of nitrogens with zero attached hydrogens (tertiary/aromatic N) is 4. The molecule has 0 aromatic heterocycles. The molecule has 3 aromatic rings. The number of hydrogen-bond donors (Lipinski definition) is 2. The Kier molecular flexibility index (Phi) is 9.82. The molecular weight excluding hydrogens is 679 g/mol. The number of anilines is 2. The third kappa shape index (κ3) is 6.99. The average molecular weight is 732 g/mol. The van der Waals surface area contributed by atoms with Gasteiger partial charge in [0.1, 0.15) is 11.8 Å². The van der Waals surface area contributed by atoms with Crippen LogP contribution in [-0.2, 0) is 27.3 Å². The van der Waals surface area contributed by atoms with E-state index in [4.69, 9.17) is 4.74 Å².